The standard InChI is InChI=1S/C18H25N5O3/c24-18(25)6-13-9-23(11-15(13)17-8-19-22-20-17)10-14-7-16(21-26-14)12-4-2-1-3-5-12/h7-8,12-13,15H,1-6,9-11H2,(H,24,25)(H,19,20,22)/t13-,15+/m0/s1. The second-order valence-corrected chi connectivity index (χ2v) is 7.61. The lowest BCUT2D eigenvalue weighted by Crippen LogP contribution is -2.20. The third kappa shape index (κ3) is 3.80. The van der Waals surface area contributed by atoms with E-state index in [1.54, 1.807) is 6.20 Å². The van der Waals surface area contributed by atoms with Gasteiger partial charge >= 0.3 is 5.97 Å². The van der Waals surface area contributed by atoms with Crippen LogP contribution in [0.5, 0.6) is 0 Å². The van der Waals surface area contributed by atoms with Gasteiger partial charge in [-0.05, 0) is 18.8 Å². The zero-order chi connectivity index (χ0) is 17.9. The molecular weight excluding hydrogens is 334 g/mol. The van der Waals surface area contributed by atoms with E-state index in [-0.39, 0.29) is 18.3 Å². The van der Waals surface area contributed by atoms with Crippen LogP contribution in [0.4, 0.5) is 0 Å². The lowest BCUT2D eigenvalue weighted by Gasteiger charge is -2.18. The zero-order valence-corrected chi connectivity index (χ0v) is 14.8. The van der Waals surface area contributed by atoms with Gasteiger partial charge in [0.25, 0.3) is 0 Å². The summed E-state index contributed by atoms with van der Waals surface area (Å²) in [5.41, 5.74) is 1.91. The van der Waals surface area contributed by atoms with Crippen molar-refractivity contribution in [3.05, 3.63) is 29.4 Å². The van der Waals surface area contributed by atoms with Crippen LogP contribution in [0.25, 0.3) is 0 Å². The molecule has 1 aliphatic heterocycles. The predicted molar refractivity (Wildman–Crippen MR) is 92.5 cm³/mol. The number of nitrogens with one attached hydrogen (secondary N) is 1. The average molecular weight is 359 g/mol. The number of hydrogen-bond donors (Lipinski definition) is 2. The molecule has 2 N–H and O–H groups in total. The monoisotopic (exact) mass is 359 g/mol. The van der Waals surface area contributed by atoms with Gasteiger partial charge in [0.05, 0.1) is 30.6 Å². The van der Waals surface area contributed by atoms with Crippen molar-refractivity contribution in [3.63, 3.8) is 0 Å². The van der Waals surface area contributed by atoms with E-state index in [2.05, 4.69) is 31.5 Å². The first kappa shape index (κ1) is 17.2. The van der Waals surface area contributed by atoms with Gasteiger partial charge in [0.1, 0.15) is 0 Å². The highest BCUT2D eigenvalue weighted by molar-refractivity contribution is 5.67. The number of aromatic nitrogens is 4. The van der Waals surface area contributed by atoms with Crippen molar-refractivity contribution >= 4 is 5.97 Å². The van der Waals surface area contributed by atoms with Crippen LogP contribution >= 0.6 is 0 Å². The van der Waals surface area contributed by atoms with Gasteiger partial charge in [-0.2, -0.15) is 15.4 Å². The van der Waals surface area contributed by atoms with Crippen molar-refractivity contribution in [2.45, 2.75) is 56.9 Å². The van der Waals surface area contributed by atoms with Crippen molar-refractivity contribution in [3.8, 4) is 0 Å². The first-order valence-corrected chi connectivity index (χ1v) is 9.44. The van der Waals surface area contributed by atoms with Gasteiger partial charge in [0, 0.05) is 31.0 Å². The zero-order valence-electron chi connectivity index (χ0n) is 14.8. The Kier molecular flexibility index (Phi) is 5.01. The number of hydrogen-bond acceptors (Lipinski definition) is 6. The molecule has 1 aliphatic carbocycles. The van der Waals surface area contributed by atoms with Crippen molar-refractivity contribution < 1.29 is 14.4 Å². The van der Waals surface area contributed by atoms with Crippen LogP contribution in [-0.4, -0.2) is 49.6 Å². The fraction of sp³-hybridized carbons (Fsp3) is 0.667. The van der Waals surface area contributed by atoms with E-state index in [1.165, 1.54) is 32.1 Å². The fourth-order valence-corrected chi connectivity index (χ4v) is 4.46. The SMILES string of the molecule is O=C(O)C[C@H]1CN(Cc2cc(C3CCCCC3)no2)C[C@H]1c1cn[nH]n1. The number of H-pyrrole nitrogens is 1. The Morgan fingerprint density at radius 3 is 2.85 bits per heavy atom. The van der Waals surface area contributed by atoms with E-state index in [0.717, 1.165) is 23.7 Å². The van der Waals surface area contributed by atoms with Gasteiger partial charge in [0.15, 0.2) is 5.76 Å². The number of nitrogens with zero attached hydrogens (tertiary/aromatic N) is 4. The molecule has 0 unspecified atom stereocenters. The maximum atomic E-state index is 11.2. The van der Waals surface area contributed by atoms with Crippen molar-refractivity contribution in [2.75, 3.05) is 13.1 Å². The molecule has 2 aliphatic rings. The van der Waals surface area contributed by atoms with E-state index in [9.17, 15) is 9.90 Å². The highest BCUT2D eigenvalue weighted by atomic mass is 16.5. The van der Waals surface area contributed by atoms with Crippen LogP contribution in [-0.2, 0) is 11.3 Å². The molecule has 1 saturated heterocycles. The minimum absolute atomic E-state index is 0.0262. The van der Waals surface area contributed by atoms with E-state index in [4.69, 9.17) is 4.52 Å². The molecule has 4 rings (SSSR count). The Morgan fingerprint density at radius 2 is 2.12 bits per heavy atom. The largest absolute Gasteiger partial charge is 0.481 e. The molecule has 0 spiro atoms. The lowest BCUT2D eigenvalue weighted by atomic mass is 9.87. The quantitative estimate of drug-likeness (QED) is 0.816. The Bertz CT molecular complexity index is 723. The van der Waals surface area contributed by atoms with Gasteiger partial charge in [-0.1, -0.05) is 24.4 Å². The molecular formula is C18H25N5O3. The van der Waals surface area contributed by atoms with Crippen molar-refractivity contribution in [1.82, 2.24) is 25.5 Å². The van der Waals surface area contributed by atoms with E-state index in [0.29, 0.717) is 19.0 Å². The Morgan fingerprint density at radius 1 is 1.27 bits per heavy atom. The molecule has 2 aromatic rings. The van der Waals surface area contributed by atoms with Gasteiger partial charge in [-0.25, -0.2) is 0 Å². The minimum atomic E-state index is -0.774. The number of rotatable bonds is 6. The molecule has 2 fully saturated rings. The number of carbonyl (C=O) groups is 1. The van der Waals surface area contributed by atoms with E-state index < -0.39 is 5.97 Å². The van der Waals surface area contributed by atoms with Gasteiger partial charge in [-0.15, -0.1) is 0 Å². The highest BCUT2D eigenvalue weighted by Gasteiger charge is 2.37. The summed E-state index contributed by atoms with van der Waals surface area (Å²) in [6.45, 7) is 2.12. The fourth-order valence-electron chi connectivity index (χ4n) is 4.46. The lowest BCUT2D eigenvalue weighted by molar-refractivity contribution is -0.138. The maximum Gasteiger partial charge on any atom is 0.303 e. The van der Waals surface area contributed by atoms with Gasteiger partial charge in [-0.3, -0.25) is 9.69 Å². The molecule has 8 nitrogen and oxygen atoms in total. The highest BCUT2D eigenvalue weighted by Crippen LogP contribution is 2.35. The summed E-state index contributed by atoms with van der Waals surface area (Å²) in [5.74, 6) is 0.719. The Hall–Kier alpha value is -2.22. The number of aromatic amines is 1. The predicted octanol–water partition coefficient (Wildman–Crippen LogP) is 2.53. The first-order chi connectivity index (χ1) is 12.7. The summed E-state index contributed by atoms with van der Waals surface area (Å²) < 4.78 is 5.58. The van der Waals surface area contributed by atoms with Gasteiger partial charge in [0.2, 0.25) is 0 Å². The number of carboxylic acids is 1. The summed E-state index contributed by atoms with van der Waals surface area (Å²) >= 11 is 0. The average Bonchev–Trinajstić information content (AvgIpc) is 3.36. The summed E-state index contributed by atoms with van der Waals surface area (Å²) in [4.78, 5) is 13.5. The summed E-state index contributed by atoms with van der Waals surface area (Å²) in [7, 11) is 0. The summed E-state index contributed by atoms with van der Waals surface area (Å²) in [6, 6.07) is 2.09. The van der Waals surface area contributed by atoms with Crippen LogP contribution in [0.2, 0.25) is 0 Å². The number of carboxylic acid groups (broad SMARTS) is 1. The van der Waals surface area contributed by atoms with E-state index in [1.807, 2.05) is 0 Å². The normalized spacial score (nSPS) is 24.9. The molecule has 8 heteroatoms. The van der Waals surface area contributed by atoms with Crippen LogP contribution in [0, 0.1) is 5.92 Å². The molecule has 1 saturated carbocycles. The summed E-state index contributed by atoms with van der Waals surface area (Å²) in [5, 5.41) is 24.2. The van der Waals surface area contributed by atoms with Crippen molar-refractivity contribution in [1.29, 1.82) is 0 Å². The van der Waals surface area contributed by atoms with Crippen LogP contribution < -0.4 is 0 Å². The smallest absolute Gasteiger partial charge is 0.303 e. The minimum Gasteiger partial charge on any atom is -0.481 e. The molecule has 2 aromatic heterocycles. The maximum absolute atomic E-state index is 11.2. The topological polar surface area (TPSA) is 108 Å². The van der Waals surface area contributed by atoms with E-state index >= 15 is 0 Å². The molecule has 3 heterocycles. The molecule has 0 aromatic carbocycles. The third-order valence-corrected chi connectivity index (χ3v) is 5.75. The summed E-state index contributed by atoms with van der Waals surface area (Å²) in [6.07, 6.45) is 8.10. The Labute approximate surface area is 151 Å². The molecule has 2 atom stereocenters. The molecule has 0 bridgehead atoms. The van der Waals surface area contributed by atoms with Crippen LogP contribution in [0.15, 0.2) is 16.8 Å². The molecule has 0 radical (unpaired) electrons. The Balaban J connectivity index is 1.42. The molecule has 26 heavy (non-hydrogen) atoms. The third-order valence-electron chi connectivity index (χ3n) is 5.75. The van der Waals surface area contributed by atoms with Crippen molar-refractivity contribution in [2.24, 2.45) is 5.92 Å². The number of likely N-dealkylation sites (tertiary alicyclic amines) is 1. The molecule has 0 amide bonds. The van der Waals surface area contributed by atoms with Gasteiger partial charge < -0.3 is 9.63 Å². The van der Waals surface area contributed by atoms with Crippen LogP contribution in [0.3, 0.4) is 0 Å². The van der Waals surface area contributed by atoms with Crippen LogP contribution in [0.1, 0.15) is 67.5 Å². The second-order valence-electron chi connectivity index (χ2n) is 7.61. The first-order valence-electron chi connectivity index (χ1n) is 9.44. The molecule has 140 valence electrons. The number of aliphatic carboxylic acids is 1. The second kappa shape index (κ2) is 7.57.